The van der Waals surface area contributed by atoms with Crippen molar-refractivity contribution in [2.45, 2.75) is 38.5 Å². The number of nitrogens with zero attached hydrogens (tertiary/aromatic N) is 3. The molecule has 25 heavy (non-hydrogen) atoms. The molecule has 0 radical (unpaired) electrons. The largest absolute Gasteiger partial charge is 0.299 e. The van der Waals surface area contributed by atoms with Crippen molar-refractivity contribution >= 4 is 16.6 Å². The Kier molecular flexibility index (Phi) is 4.02. The lowest BCUT2D eigenvalue weighted by molar-refractivity contribution is -0.123. The number of benzene rings is 1. The smallest absolute Gasteiger partial charge is 0.141 e. The summed E-state index contributed by atoms with van der Waals surface area (Å²) < 4.78 is 10.3. The third-order valence-electron chi connectivity index (χ3n) is 5.13. The molecule has 2 heterocycles. The van der Waals surface area contributed by atoms with Gasteiger partial charge in [-0.2, -0.15) is 5.10 Å². The Labute approximate surface area is 149 Å². The zero-order chi connectivity index (χ0) is 18.1. The van der Waals surface area contributed by atoms with Crippen LogP contribution < -0.4 is 0 Å². The number of rotatable bonds is 4. The second-order valence-corrected chi connectivity index (χ2v) is 7.01. The molecule has 4 rings (SSSR count). The predicted octanol–water partition coefficient (Wildman–Crippen LogP) is 4.33. The van der Waals surface area contributed by atoms with Crippen LogP contribution in [-0.4, -0.2) is 20.5 Å². The number of carbonyl (C=O) groups excluding carboxylic acids is 1. The first-order chi connectivity index (χ1) is 12.6. The van der Waals surface area contributed by atoms with Crippen molar-refractivity contribution in [1.82, 2.24) is 14.8 Å². The highest BCUT2D eigenvalue weighted by Crippen LogP contribution is 2.27. The van der Waals surface area contributed by atoms with Gasteiger partial charge in [0, 0.05) is 48.4 Å². The molecule has 1 saturated carbocycles. The number of hydrogen-bond acceptors (Lipinski definition) is 3. The molecule has 0 bridgehead atoms. The molecular weight excluding hydrogens is 310 g/mol. The van der Waals surface area contributed by atoms with Crippen molar-refractivity contribution in [3.05, 3.63) is 48.5 Å². The fourth-order valence-corrected chi connectivity index (χ4v) is 3.69. The lowest BCUT2D eigenvalue weighted by Gasteiger charge is -2.20. The maximum atomic E-state index is 12.6. The summed E-state index contributed by atoms with van der Waals surface area (Å²) in [7, 11) is 1.89. The molecule has 1 aliphatic rings. The van der Waals surface area contributed by atoms with Crippen molar-refractivity contribution in [3.8, 4) is 11.1 Å². The van der Waals surface area contributed by atoms with E-state index in [4.69, 9.17) is 1.37 Å². The summed E-state index contributed by atoms with van der Waals surface area (Å²) in [6.07, 6.45) is 11.3. The fraction of sp³-hybridized carbons (Fsp3) is 0.381. The molecule has 0 spiro atoms. The standard InChI is InChI=1S/C21H23N3O/c1-24-14-19(13-23-24)16-7-8-17-12-22-20(10-18(17)9-16)11-21(25)15-5-3-2-4-6-15/h7-10,12-15H,2-6,11H2,1H3/i10D. The number of Topliss-reactive ketones (excluding diaryl/α,β-unsaturated/α-hetero) is 1. The minimum Gasteiger partial charge on any atom is -0.299 e. The molecule has 4 nitrogen and oxygen atoms in total. The third-order valence-corrected chi connectivity index (χ3v) is 5.13. The topological polar surface area (TPSA) is 47.8 Å². The van der Waals surface area contributed by atoms with Crippen LogP contribution in [-0.2, 0) is 18.3 Å². The normalized spacial score (nSPS) is 16.1. The van der Waals surface area contributed by atoms with Gasteiger partial charge in [0.15, 0.2) is 0 Å². The van der Waals surface area contributed by atoms with E-state index in [0.717, 1.165) is 47.6 Å². The van der Waals surface area contributed by atoms with Crippen LogP contribution in [0, 0.1) is 5.92 Å². The number of fused-ring (bicyclic) bond motifs is 1. The van der Waals surface area contributed by atoms with Gasteiger partial charge in [-0.25, -0.2) is 0 Å². The number of aryl methyl sites for hydroxylation is 1. The molecule has 0 unspecified atom stereocenters. The van der Waals surface area contributed by atoms with E-state index in [1.165, 1.54) is 6.42 Å². The first-order valence-electron chi connectivity index (χ1n) is 9.52. The van der Waals surface area contributed by atoms with Crippen molar-refractivity contribution in [1.29, 1.82) is 0 Å². The number of carbonyl (C=O) groups is 1. The van der Waals surface area contributed by atoms with Gasteiger partial charge in [-0.15, -0.1) is 0 Å². The van der Waals surface area contributed by atoms with Gasteiger partial charge in [0.25, 0.3) is 0 Å². The molecule has 3 aromatic rings. The summed E-state index contributed by atoms with van der Waals surface area (Å²) in [4.78, 5) is 17.0. The lowest BCUT2D eigenvalue weighted by atomic mass is 9.85. The van der Waals surface area contributed by atoms with E-state index >= 15 is 0 Å². The minimum absolute atomic E-state index is 0.155. The van der Waals surface area contributed by atoms with Gasteiger partial charge in [-0.1, -0.05) is 31.4 Å². The molecule has 1 aliphatic carbocycles. The van der Waals surface area contributed by atoms with E-state index in [0.29, 0.717) is 11.7 Å². The van der Waals surface area contributed by atoms with E-state index in [1.807, 2.05) is 37.6 Å². The lowest BCUT2D eigenvalue weighted by Crippen LogP contribution is -2.19. The van der Waals surface area contributed by atoms with Gasteiger partial charge in [0.2, 0.25) is 0 Å². The van der Waals surface area contributed by atoms with Gasteiger partial charge >= 0.3 is 0 Å². The summed E-state index contributed by atoms with van der Waals surface area (Å²) >= 11 is 0. The summed E-state index contributed by atoms with van der Waals surface area (Å²) in [6.45, 7) is 0. The van der Waals surface area contributed by atoms with Crippen LogP contribution in [0.25, 0.3) is 21.9 Å². The van der Waals surface area contributed by atoms with Crippen molar-refractivity contribution in [2.75, 3.05) is 0 Å². The van der Waals surface area contributed by atoms with E-state index in [1.54, 1.807) is 10.9 Å². The quantitative estimate of drug-likeness (QED) is 0.713. The van der Waals surface area contributed by atoms with Crippen LogP contribution in [0.1, 0.15) is 39.2 Å². The monoisotopic (exact) mass is 334 g/mol. The van der Waals surface area contributed by atoms with Crippen LogP contribution >= 0.6 is 0 Å². The highest BCUT2D eigenvalue weighted by atomic mass is 16.1. The maximum absolute atomic E-state index is 12.6. The second-order valence-electron chi connectivity index (χ2n) is 7.01. The first-order valence-corrected chi connectivity index (χ1v) is 9.02. The van der Waals surface area contributed by atoms with E-state index < -0.39 is 0 Å². The highest BCUT2D eigenvalue weighted by Gasteiger charge is 2.21. The first kappa shape index (κ1) is 14.8. The SMILES string of the molecule is [2H]c1c(CC(=O)C2CCCCC2)ncc2ccc(-c3cnn(C)c3)cc12. The van der Waals surface area contributed by atoms with Crippen molar-refractivity contribution in [3.63, 3.8) is 0 Å². The molecule has 4 heteroatoms. The predicted molar refractivity (Wildman–Crippen MR) is 99.2 cm³/mol. The van der Waals surface area contributed by atoms with Gasteiger partial charge in [-0.05, 0) is 35.9 Å². The average molecular weight is 334 g/mol. The van der Waals surface area contributed by atoms with Gasteiger partial charge in [0.05, 0.1) is 7.57 Å². The Morgan fingerprint density at radius 1 is 1.20 bits per heavy atom. The van der Waals surface area contributed by atoms with E-state index in [2.05, 4.69) is 10.1 Å². The van der Waals surface area contributed by atoms with Gasteiger partial charge in [0.1, 0.15) is 5.78 Å². The van der Waals surface area contributed by atoms with Crippen LogP contribution in [0.4, 0.5) is 0 Å². The summed E-state index contributed by atoms with van der Waals surface area (Å²) in [6, 6.07) is 6.38. The van der Waals surface area contributed by atoms with E-state index in [-0.39, 0.29) is 18.1 Å². The van der Waals surface area contributed by atoms with Crippen LogP contribution in [0.5, 0.6) is 0 Å². The fourth-order valence-electron chi connectivity index (χ4n) is 3.69. The number of hydrogen-bond donors (Lipinski definition) is 0. The molecule has 0 amide bonds. The minimum atomic E-state index is 0.155. The van der Waals surface area contributed by atoms with Crippen LogP contribution in [0.2, 0.25) is 0 Å². The molecule has 0 aliphatic heterocycles. The Balaban J connectivity index is 1.65. The molecule has 0 atom stereocenters. The molecule has 2 aromatic heterocycles. The zero-order valence-corrected chi connectivity index (χ0v) is 14.5. The molecule has 0 saturated heterocycles. The average Bonchev–Trinajstić information content (AvgIpc) is 3.11. The Morgan fingerprint density at radius 2 is 2.04 bits per heavy atom. The summed E-state index contributed by atoms with van der Waals surface area (Å²) in [5.41, 5.74) is 2.64. The molecule has 1 fully saturated rings. The highest BCUT2D eigenvalue weighted by molar-refractivity contribution is 5.88. The van der Waals surface area contributed by atoms with Crippen molar-refractivity contribution < 1.29 is 6.17 Å². The molecule has 128 valence electrons. The molecule has 1 aromatic carbocycles. The zero-order valence-electron chi connectivity index (χ0n) is 15.5. The van der Waals surface area contributed by atoms with Crippen LogP contribution in [0.3, 0.4) is 0 Å². The van der Waals surface area contributed by atoms with E-state index in [9.17, 15) is 4.79 Å². The summed E-state index contributed by atoms with van der Waals surface area (Å²) in [5, 5.41) is 5.98. The van der Waals surface area contributed by atoms with Gasteiger partial charge < -0.3 is 0 Å². The number of ketones is 1. The Hall–Kier alpha value is -2.49. The molecular formula is C21H23N3O. The van der Waals surface area contributed by atoms with Crippen molar-refractivity contribution in [2.24, 2.45) is 13.0 Å². The van der Waals surface area contributed by atoms with Crippen LogP contribution in [0.15, 0.2) is 42.8 Å². The second kappa shape index (κ2) is 6.79. The Morgan fingerprint density at radius 3 is 2.80 bits per heavy atom. The maximum Gasteiger partial charge on any atom is 0.141 e. The number of aromatic nitrogens is 3. The number of pyridine rings is 1. The third kappa shape index (κ3) is 3.48. The Bertz CT molecular complexity index is 957. The summed E-state index contributed by atoms with van der Waals surface area (Å²) in [5.74, 6) is 0.399. The van der Waals surface area contributed by atoms with Gasteiger partial charge in [-0.3, -0.25) is 14.5 Å². The molecule has 0 N–H and O–H groups in total.